The SMILES string of the molecule is Oc1[c]ccc(F)c1O. The lowest BCUT2D eigenvalue weighted by molar-refractivity contribution is 0.378. The van der Waals surface area contributed by atoms with Crippen molar-refractivity contribution in [2.45, 2.75) is 0 Å². The number of hydrogen-bond donors (Lipinski definition) is 2. The molecule has 0 spiro atoms. The molecule has 0 amide bonds. The van der Waals surface area contributed by atoms with E-state index >= 15 is 0 Å². The van der Waals surface area contributed by atoms with E-state index in [1.165, 1.54) is 6.07 Å². The second kappa shape index (κ2) is 1.93. The van der Waals surface area contributed by atoms with Crippen molar-refractivity contribution in [2.75, 3.05) is 0 Å². The van der Waals surface area contributed by atoms with E-state index in [2.05, 4.69) is 6.07 Å². The number of hydrogen-bond acceptors (Lipinski definition) is 2. The number of phenolic OH excluding ortho intramolecular Hbond substituents is 2. The van der Waals surface area contributed by atoms with Crippen LogP contribution in [-0.2, 0) is 0 Å². The van der Waals surface area contributed by atoms with Crippen LogP contribution in [-0.4, -0.2) is 10.2 Å². The fourth-order valence-electron chi connectivity index (χ4n) is 0.454. The molecule has 9 heavy (non-hydrogen) atoms. The van der Waals surface area contributed by atoms with Crippen LogP contribution < -0.4 is 0 Å². The predicted octanol–water partition coefficient (Wildman–Crippen LogP) is 1.04. The first kappa shape index (κ1) is 5.88. The van der Waals surface area contributed by atoms with Gasteiger partial charge in [0.05, 0.1) is 0 Å². The van der Waals surface area contributed by atoms with E-state index in [0.29, 0.717) is 0 Å². The monoisotopic (exact) mass is 127 g/mol. The molecular formula is C6H4FO2. The van der Waals surface area contributed by atoms with Gasteiger partial charge < -0.3 is 10.2 Å². The van der Waals surface area contributed by atoms with Gasteiger partial charge in [-0.15, -0.1) is 0 Å². The minimum absolute atomic E-state index is 0.560. The summed E-state index contributed by atoms with van der Waals surface area (Å²) in [4.78, 5) is 0. The molecule has 0 saturated carbocycles. The van der Waals surface area contributed by atoms with Gasteiger partial charge in [0.1, 0.15) is 0 Å². The summed E-state index contributed by atoms with van der Waals surface area (Å²) in [5.74, 6) is -2.15. The lowest BCUT2D eigenvalue weighted by atomic mass is 10.3. The molecule has 47 valence electrons. The zero-order valence-electron chi connectivity index (χ0n) is 4.43. The summed E-state index contributed by atoms with van der Waals surface area (Å²) in [6.45, 7) is 0. The first-order valence-electron chi connectivity index (χ1n) is 2.30. The quantitative estimate of drug-likeness (QED) is 0.511. The van der Waals surface area contributed by atoms with E-state index in [9.17, 15) is 4.39 Å². The maximum absolute atomic E-state index is 12.1. The standard InChI is InChI=1S/C6H4FO2/c7-4-2-1-3-5(8)6(4)9/h1-2,8-9H. The molecule has 0 aromatic heterocycles. The molecule has 0 bridgehead atoms. The Balaban J connectivity index is 3.25. The number of phenols is 2. The van der Waals surface area contributed by atoms with E-state index in [-0.39, 0.29) is 0 Å². The molecule has 0 atom stereocenters. The highest BCUT2D eigenvalue weighted by atomic mass is 19.1. The zero-order valence-corrected chi connectivity index (χ0v) is 4.43. The van der Waals surface area contributed by atoms with Crippen LogP contribution in [0.2, 0.25) is 0 Å². The minimum Gasteiger partial charge on any atom is -0.504 e. The second-order valence-corrected chi connectivity index (χ2v) is 1.52. The lowest BCUT2D eigenvalue weighted by Crippen LogP contribution is -1.74. The van der Waals surface area contributed by atoms with Crippen molar-refractivity contribution in [1.29, 1.82) is 0 Å². The van der Waals surface area contributed by atoms with Gasteiger partial charge in [-0.25, -0.2) is 4.39 Å². The molecule has 1 aromatic carbocycles. The van der Waals surface area contributed by atoms with Crippen LogP contribution in [0.15, 0.2) is 12.1 Å². The Kier molecular flexibility index (Phi) is 1.26. The number of aromatic hydroxyl groups is 2. The average Bonchev–Trinajstić information content (AvgIpc) is 1.83. The highest BCUT2D eigenvalue weighted by Gasteiger charge is 2.02. The fourth-order valence-corrected chi connectivity index (χ4v) is 0.454. The van der Waals surface area contributed by atoms with E-state index in [1.54, 1.807) is 0 Å². The molecule has 0 fully saturated rings. The van der Waals surface area contributed by atoms with E-state index in [4.69, 9.17) is 10.2 Å². The Bertz CT molecular complexity index is 202. The van der Waals surface area contributed by atoms with E-state index in [1.807, 2.05) is 0 Å². The van der Waals surface area contributed by atoms with Gasteiger partial charge in [0.25, 0.3) is 0 Å². The summed E-state index contributed by atoms with van der Waals surface area (Å²) in [6.07, 6.45) is 0. The molecule has 0 saturated heterocycles. The summed E-state index contributed by atoms with van der Waals surface area (Å²) >= 11 is 0. The Morgan fingerprint density at radius 3 is 2.56 bits per heavy atom. The summed E-state index contributed by atoms with van der Waals surface area (Å²) in [7, 11) is 0. The molecule has 2 nitrogen and oxygen atoms in total. The van der Waals surface area contributed by atoms with Gasteiger partial charge in [-0.2, -0.15) is 0 Å². The molecule has 0 heterocycles. The first-order chi connectivity index (χ1) is 4.22. The molecule has 3 heteroatoms. The zero-order chi connectivity index (χ0) is 6.85. The van der Waals surface area contributed by atoms with Gasteiger partial charge in [0.15, 0.2) is 17.3 Å². The summed E-state index contributed by atoms with van der Waals surface area (Å²) in [5, 5.41) is 17.1. The van der Waals surface area contributed by atoms with E-state index in [0.717, 1.165) is 6.07 Å². The number of benzene rings is 1. The van der Waals surface area contributed by atoms with Crippen molar-refractivity contribution >= 4 is 0 Å². The topological polar surface area (TPSA) is 40.5 Å². The Labute approximate surface area is 51.2 Å². The first-order valence-corrected chi connectivity index (χ1v) is 2.30. The lowest BCUT2D eigenvalue weighted by Gasteiger charge is -1.94. The molecule has 0 aliphatic rings. The highest BCUT2D eigenvalue weighted by molar-refractivity contribution is 5.36. The Morgan fingerprint density at radius 2 is 2.11 bits per heavy atom. The summed E-state index contributed by atoms with van der Waals surface area (Å²) in [6, 6.07) is 4.40. The van der Waals surface area contributed by atoms with Gasteiger partial charge in [-0.05, 0) is 12.1 Å². The predicted molar refractivity (Wildman–Crippen MR) is 28.6 cm³/mol. The van der Waals surface area contributed by atoms with Crippen LogP contribution in [0.5, 0.6) is 11.5 Å². The second-order valence-electron chi connectivity index (χ2n) is 1.52. The van der Waals surface area contributed by atoms with Gasteiger partial charge in [0.2, 0.25) is 0 Å². The van der Waals surface area contributed by atoms with Crippen LogP contribution >= 0.6 is 0 Å². The maximum atomic E-state index is 12.1. The molecular weight excluding hydrogens is 123 g/mol. The van der Waals surface area contributed by atoms with E-state index < -0.39 is 17.3 Å². The molecule has 0 unspecified atom stereocenters. The van der Waals surface area contributed by atoms with Crippen molar-refractivity contribution in [2.24, 2.45) is 0 Å². The van der Waals surface area contributed by atoms with Crippen molar-refractivity contribution in [1.82, 2.24) is 0 Å². The third kappa shape index (κ3) is 0.937. The van der Waals surface area contributed by atoms with Crippen LogP contribution in [0, 0.1) is 11.9 Å². The molecule has 2 N–H and O–H groups in total. The van der Waals surface area contributed by atoms with Crippen molar-refractivity contribution in [3.63, 3.8) is 0 Å². The van der Waals surface area contributed by atoms with Crippen molar-refractivity contribution in [3.8, 4) is 11.5 Å². The Morgan fingerprint density at radius 1 is 1.44 bits per heavy atom. The number of halogens is 1. The molecule has 1 aromatic rings. The Hall–Kier alpha value is -1.25. The largest absolute Gasteiger partial charge is 0.504 e. The van der Waals surface area contributed by atoms with Gasteiger partial charge in [-0.1, -0.05) is 0 Å². The van der Waals surface area contributed by atoms with Crippen LogP contribution in [0.3, 0.4) is 0 Å². The summed E-state index contributed by atoms with van der Waals surface area (Å²) in [5.41, 5.74) is 0. The van der Waals surface area contributed by atoms with Crippen LogP contribution in [0.25, 0.3) is 0 Å². The maximum Gasteiger partial charge on any atom is 0.194 e. The van der Waals surface area contributed by atoms with Crippen molar-refractivity contribution in [3.05, 3.63) is 24.0 Å². The van der Waals surface area contributed by atoms with Crippen molar-refractivity contribution < 1.29 is 14.6 Å². The third-order valence-electron chi connectivity index (χ3n) is 0.900. The molecule has 1 radical (unpaired) electrons. The minimum atomic E-state index is -0.841. The smallest absolute Gasteiger partial charge is 0.194 e. The third-order valence-corrected chi connectivity index (χ3v) is 0.900. The highest BCUT2D eigenvalue weighted by Crippen LogP contribution is 2.25. The number of rotatable bonds is 0. The van der Waals surface area contributed by atoms with Crippen LogP contribution in [0.4, 0.5) is 4.39 Å². The summed E-state index contributed by atoms with van der Waals surface area (Å²) < 4.78 is 12.1. The van der Waals surface area contributed by atoms with Gasteiger partial charge in [0, 0.05) is 6.07 Å². The van der Waals surface area contributed by atoms with Gasteiger partial charge >= 0.3 is 0 Å². The molecule has 1 rings (SSSR count). The fraction of sp³-hybridized carbons (Fsp3) is 0. The molecule has 0 aliphatic heterocycles. The average molecular weight is 127 g/mol. The normalized spacial score (nSPS) is 9.44. The molecule has 0 aliphatic carbocycles. The van der Waals surface area contributed by atoms with Crippen LogP contribution in [0.1, 0.15) is 0 Å². The van der Waals surface area contributed by atoms with Gasteiger partial charge in [-0.3, -0.25) is 0 Å².